The van der Waals surface area contributed by atoms with Crippen LogP contribution in [0.3, 0.4) is 0 Å². The maximum absolute atomic E-state index is 13.1. The maximum atomic E-state index is 13.1. The summed E-state index contributed by atoms with van der Waals surface area (Å²) >= 11 is 0. The first-order valence-corrected chi connectivity index (χ1v) is 6.59. The van der Waals surface area contributed by atoms with E-state index in [2.05, 4.69) is 5.10 Å². The third-order valence-electron chi connectivity index (χ3n) is 3.19. The van der Waals surface area contributed by atoms with Crippen molar-refractivity contribution >= 4 is 5.78 Å². The van der Waals surface area contributed by atoms with Crippen LogP contribution in [0.1, 0.15) is 10.4 Å². The molecule has 0 saturated heterocycles. The average molecular weight is 280 g/mol. The minimum absolute atomic E-state index is 0.0935. The molecule has 0 saturated carbocycles. The lowest BCUT2D eigenvalue weighted by Crippen LogP contribution is -2.10. The van der Waals surface area contributed by atoms with Crippen LogP contribution in [0.5, 0.6) is 0 Å². The molecule has 0 bridgehead atoms. The smallest absolute Gasteiger partial charge is 0.184 e. The van der Waals surface area contributed by atoms with Crippen molar-refractivity contribution in [2.24, 2.45) is 0 Å². The van der Waals surface area contributed by atoms with Gasteiger partial charge in [0.1, 0.15) is 12.4 Å². The van der Waals surface area contributed by atoms with Gasteiger partial charge in [0.05, 0.1) is 6.20 Å². The Labute approximate surface area is 121 Å². The molecule has 0 aliphatic rings. The number of benzene rings is 2. The van der Waals surface area contributed by atoms with Gasteiger partial charge in [-0.2, -0.15) is 5.10 Å². The van der Waals surface area contributed by atoms with Crippen molar-refractivity contribution in [3.05, 3.63) is 78.4 Å². The fourth-order valence-corrected chi connectivity index (χ4v) is 2.13. The average Bonchev–Trinajstić information content (AvgIpc) is 2.97. The van der Waals surface area contributed by atoms with Gasteiger partial charge in [0, 0.05) is 17.3 Å². The first-order valence-electron chi connectivity index (χ1n) is 6.59. The van der Waals surface area contributed by atoms with Crippen LogP contribution in [0.15, 0.2) is 67.0 Å². The molecule has 0 aliphatic heterocycles. The molecular formula is C17H13FN2O. The summed E-state index contributed by atoms with van der Waals surface area (Å²) in [7, 11) is 0. The Balaban J connectivity index is 1.77. The molecule has 0 aliphatic carbocycles. The number of carbonyl (C=O) groups excluding carboxylic acids is 1. The van der Waals surface area contributed by atoms with Gasteiger partial charge >= 0.3 is 0 Å². The first-order chi connectivity index (χ1) is 10.2. The fourth-order valence-electron chi connectivity index (χ4n) is 2.13. The van der Waals surface area contributed by atoms with E-state index in [1.54, 1.807) is 16.9 Å². The van der Waals surface area contributed by atoms with Crippen molar-refractivity contribution in [3.8, 4) is 11.1 Å². The fraction of sp³-hybridized carbons (Fsp3) is 0.0588. The third kappa shape index (κ3) is 3.05. The monoisotopic (exact) mass is 280 g/mol. The number of Topliss-reactive ketones (excluding diaryl/α,β-unsaturated/α-hetero) is 1. The van der Waals surface area contributed by atoms with E-state index in [1.807, 2.05) is 36.5 Å². The highest BCUT2D eigenvalue weighted by Crippen LogP contribution is 2.17. The molecule has 0 fully saturated rings. The van der Waals surface area contributed by atoms with Crippen LogP contribution in [-0.4, -0.2) is 15.6 Å². The van der Waals surface area contributed by atoms with Gasteiger partial charge in [0.2, 0.25) is 0 Å². The van der Waals surface area contributed by atoms with Crippen LogP contribution >= 0.6 is 0 Å². The van der Waals surface area contributed by atoms with Crippen LogP contribution in [0.2, 0.25) is 0 Å². The lowest BCUT2D eigenvalue weighted by Gasteiger charge is -2.01. The molecule has 0 amide bonds. The lowest BCUT2D eigenvalue weighted by atomic mass is 10.1. The molecule has 2 aromatic carbocycles. The van der Waals surface area contributed by atoms with Gasteiger partial charge in [-0.15, -0.1) is 0 Å². The van der Waals surface area contributed by atoms with Crippen molar-refractivity contribution in [1.29, 1.82) is 0 Å². The predicted molar refractivity (Wildman–Crippen MR) is 78.4 cm³/mol. The van der Waals surface area contributed by atoms with Crippen LogP contribution in [0, 0.1) is 5.82 Å². The Morgan fingerprint density at radius 1 is 1.05 bits per heavy atom. The Hall–Kier alpha value is -2.75. The molecule has 0 unspecified atom stereocenters. The second-order valence-electron chi connectivity index (χ2n) is 4.73. The molecule has 104 valence electrons. The summed E-state index contributed by atoms with van der Waals surface area (Å²) in [4.78, 5) is 12.1. The number of rotatable bonds is 4. The molecule has 4 heteroatoms. The number of halogens is 1. The SMILES string of the molecule is O=C(Cn1cc(-c2ccccc2)cn1)c1cccc(F)c1. The summed E-state index contributed by atoms with van der Waals surface area (Å²) in [6, 6.07) is 15.5. The molecule has 0 radical (unpaired) electrons. The summed E-state index contributed by atoms with van der Waals surface area (Å²) in [5.74, 6) is -0.580. The van der Waals surface area contributed by atoms with Gasteiger partial charge < -0.3 is 0 Å². The molecule has 3 aromatic rings. The zero-order chi connectivity index (χ0) is 14.7. The van der Waals surface area contributed by atoms with Gasteiger partial charge in [0.15, 0.2) is 5.78 Å². The largest absolute Gasteiger partial charge is 0.292 e. The Kier molecular flexibility index (Phi) is 3.60. The molecule has 1 aromatic heterocycles. The van der Waals surface area contributed by atoms with E-state index in [4.69, 9.17) is 0 Å². The molecular weight excluding hydrogens is 267 g/mol. The zero-order valence-corrected chi connectivity index (χ0v) is 11.2. The Morgan fingerprint density at radius 2 is 1.86 bits per heavy atom. The van der Waals surface area contributed by atoms with E-state index in [0.29, 0.717) is 5.56 Å². The maximum Gasteiger partial charge on any atom is 0.184 e. The minimum atomic E-state index is -0.411. The normalized spacial score (nSPS) is 10.5. The number of aromatic nitrogens is 2. The number of hydrogen-bond acceptors (Lipinski definition) is 2. The van der Waals surface area contributed by atoms with E-state index in [-0.39, 0.29) is 12.3 Å². The van der Waals surface area contributed by atoms with E-state index in [0.717, 1.165) is 11.1 Å². The van der Waals surface area contributed by atoms with E-state index < -0.39 is 5.82 Å². The number of ketones is 1. The minimum Gasteiger partial charge on any atom is -0.292 e. The highest BCUT2D eigenvalue weighted by molar-refractivity contribution is 5.95. The van der Waals surface area contributed by atoms with Gasteiger partial charge in [0.25, 0.3) is 0 Å². The molecule has 0 atom stereocenters. The summed E-state index contributed by atoms with van der Waals surface area (Å²) in [5, 5.41) is 4.18. The van der Waals surface area contributed by atoms with Crippen LogP contribution in [0.25, 0.3) is 11.1 Å². The first kappa shape index (κ1) is 13.2. The third-order valence-corrected chi connectivity index (χ3v) is 3.19. The van der Waals surface area contributed by atoms with Crippen molar-refractivity contribution in [1.82, 2.24) is 9.78 Å². The van der Waals surface area contributed by atoms with Crippen molar-refractivity contribution in [2.45, 2.75) is 6.54 Å². The molecule has 3 nitrogen and oxygen atoms in total. The quantitative estimate of drug-likeness (QED) is 0.685. The second-order valence-corrected chi connectivity index (χ2v) is 4.73. The summed E-state index contributed by atoms with van der Waals surface area (Å²) < 4.78 is 14.7. The predicted octanol–water partition coefficient (Wildman–Crippen LogP) is 3.57. The number of nitrogens with zero attached hydrogens (tertiary/aromatic N) is 2. The van der Waals surface area contributed by atoms with E-state index in [1.165, 1.54) is 18.2 Å². The topological polar surface area (TPSA) is 34.9 Å². The lowest BCUT2D eigenvalue weighted by molar-refractivity contribution is 0.0967. The molecule has 3 rings (SSSR count). The molecule has 0 spiro atoms. The second kappa shape index (κ2) is 5.71. The summed E-state index contributed by atoms with van der Waals surface area (Å²) in [5.41, 5.74) is 2.34. The number of hydrogen-bond donors (Lipinski definition) is 0. The highest BCUT2D eigenvalue weighted by Gasteiger charge is 2.09. The summed E-state index contributed by atoms with van der Waals surface area (Å²) in [6.07, 6.45) is 3.53. The molecule has 21 heavy (non-hydrogen) atoms. The van der Waals surface area contributed by atoms with Crippen LogP contribution < -0.4 is 0 Å². The van der Waals surface area contributed by atoms with E-state index in [9.17, 15) is 9.18 Å². The molecule has 1 heterocycles. The summed E-state index contributed by atoms with van der Waals surface area (Å²) in [6.45, 7) is 0.0935. The standard InChI is InChI=1S/C17H13FN2O/c18-16-8-4-7-14(9-16)17(21)12-20-11-15(10-19-20)13-5-2-1-3-6-13/h1-11H,12H2. The van der Waals surface area contributed by atoms with Crippen LogP contribution in [-0.2, 0) is 6.54 Å². The highest BCUT2D eigenvalue weighted by atomic mass is 19.1. The van der Waals surface area contributed by atoms with Gasteiger partial charge in [-0.05, 0) is 17.7 Å². The Bertz CT molecular complexity index is 765. The van der Waals surface area contributed by atoms with Crippen molar-refractivity contribution < 1.29 is 9.18 Å². The van der Waals surface area contributed by atoms with Crippen molar-refractivity contribution in [2.75, 3.05) is 0 Å². The van der Waals surface area contributed by atoms with Crippen LogP contribution in [0.4, 0.5) is 4.39 Å². The van der Waals surface area contributed by atoms with Gasteiger partial charge in [-0.25, -0.2) is 4.39 Å². The number of carbonyl (C=O) groups is 1. The van der Waals surface area contributed by atoms with Crippen molar-refractivity contribution in [3.63, 3.8) is 0 Å². The van der Waals surface area contributed by atoms with Gasteiger partial charge in [-0.1, -0.05) is 42.5 Å². The molecule has 0 N–H and O–H groups in total. The zero-order valence-electron chi connectivity index (χ0n) is 11.2. The van der Waals surface area contributed by atoms with Gasteiger partial charge in [-0.3, -0.25) is 9.48 Å². The Morgan fingerprint density at radius 3 is 2.62 bits per heavy atom. The van der Waals surface area contributed by atoms with E-state index >= 15 is 0 Å².